The zero-order valence-corrected chi connectivity index (χ0v) is 20.3. The summed E-state index contributed by atoms with van der Waals surface area (Å²) in [7, 11) is -4.07. The first-order valence-electron chi connectivity index (χ1n) is 11.1. The number of anilines is 1. The number of carbonyl (C=O) groups excluding carboxylic acids is 2. The molecule has 1 saturated heterocycles. The van der Waals surface area contributed by atoms with E-state index in [-0.39, 0.29) is 23.7 Å². The van der Waals surface area contributed by atoms with Crippen molar-refractivity contribution in [3.8, 4) is 0 Å². The number of aryl methyl sites for hydroxylation is 1. The number of halogens is 1. The first-order valence-corrected chi connectivity index (χ1v) is 12.5. The molecular weight excluding hydrogens is 469 g/mol. The summed E-state index contributed by atoms with van der Waals surface area (Å²) < 4.78 is 41.8. The van der Waals surface area contributed by atoms with Crippen LogP contribution in [0.15, 0.2) is 83.8 Å². The van der Waals surface area contributed by atoms with Crippen molar-refractivity contribution in [2.24, 2.45) is 0 Å². The van der Waals surface area contributed by atoms with Gasteiger partial charge in [0.05, 0.1) is 11.4 Å². The Morgan fingerprint density at radius 2 is 1.71 bits per heavy atom. The maximum atomic E-state index is 14.0. The predicted octanol–water partition coefficient (Wildman–Crippen LogP) is 3.25. The normalized spacial score (nSPS) is 18.9. The highest BCUT2D eigenvalue weighted by atomic mass is 32.2. The van der Waals surface area contributed by atoms with Gasteiger partial charge in [0.15, 0.2) is 0 Å². The highest BCUT2D eigenvalue weighted by Crippen LogP contribution is 2.32. The van der Waals surface area contributed by atoms with E-state index in [1.165, 1.54) is 42.2 Å². The van der Waals surface area contributed by atoms with E-state index < -0.39 is 39.7 Å². The van der Waals surface area contributed by atoms with Crippen molar-refractivity contribution >= 4 is 27.5 Å². The third-order valence-electron chi connectivity index (χ3n) is 6.05. The minimum atomic E-state index is -4.07. The van der Waals surface area contributed by atoms with Crippen LogP contribution in [0.2, 0.25) is 0 Å². The SMILES string of the molecule is Cc1ccc(S(=O)(=O)N2CC(=O)N(c3cccc(F)c3)[C@](C)(C(=O)NCc3ccccc3)C2)cc1. The van der Waals surface area contributed by atoms with Crippen LogP contribution in [0.3, 0.4) is 0 Å². The van der Waals surface area contributed by atoms with Gasteiger partial charge >= 0.3 is 0 Å². The Kier molecular flexibility index (Phi) is 6.73. The Bertz CT molecular complexity index is 1350. The van der Waals surface area contributed by atoms with Crippen molar-refractivity contribution in [3.05, 3.63) is 95.8 Å². The molecule has 2 amide bonds. The molecule has 9 heteroatoms. The van der Waals surface area contributed by atoms with Crippen molar-refractivity contribution in [2.75, 3.05) is 18.0 Å². The zero-order chi connectivity index (χ0) is 25.2. The molecular formula is C26H26FN3O4S. The van der Waals surface area contributed by atoms with Crippen molar-refractivity contribution in [2.45, 2.75) is 30.8 Å². The first kappa shape index (κ1) is 24.6. The zero-order valence-electron chi connectivity index (χ0n) is 19.4. The van der Waals surface area contributed by atoms with Crippen LogP contribution in [0.4, 0.5) is 10.1 Å². The summed E-state index contributed by atoms with van der Waals surface area (Å²) in [5, 5.41) is 2.82. The molecule has 0 spiro atoms. The van der Waals surface area contributed by atoms with Gasteiger partial charge in [0.2, 0.25) is 21.8 Å². The summed E-state index contributed by atoms with van der Waals surface area (Å²) >= 11 is 0. The molecule has 0 radical (unpaired) electrons. The van der Waals surface area contributed by atoms with Gasteiger partial charge in [-0.05, 0) is 49.7 Å². The van der Waals surface area contributed by atoms with Gasteiger partial charge in [-0.25, -0.2) is 12.8 Å². The largest absolute Gasteiger partial charge is 0.350 e. The van der Waals surface area contributed by atoms with Crippen molar-refractivity contribution in [1.82, 2.24) is 9.62 Å². The van der Waals surface area contributed by atoms with E-state index in [0.29, 0.717) is 0 Å². The molecule has 3 aromatic carbocycles. The van der Waals surface area contributed by atoms with Crippen LogP contribution in [0.1, 0.15) is 18.1 Å². The third-order valence-corrected chi connectivity index (χ3v) is 7.85. The van der Waals surface area contributed by atoms with Gasteiger partial charge in [-0.1, -0.05) is 54.1 Å². The number of nitrogens with one attached hydrogen (secondary N) is 1. The Hall–Kier alpha value is -3.56. The highest BCUT2D eigenvalue weighted by molar-refractivity contribution is 7.89. The van der Waals surface area contributed by atoms with Crippen LogP contribution in [-0.2, 0) is 26.2 Å². The van der Waals surface area contributed by atoms with E-state index >= 15 is 0 Å². The van der Waals surface area contributed by atoms with Gasteiger partial charge < -0.3 is 5.32 Å². The summed E-state index contributed by atoms with van der Waals surface area (Å²) in [6.45, 7) is 2.74. The molecule has 7 nitrogen and oxygen atoms in total. The lowest BCUT2D eigenvalue weighted by atomic mass is 9.94. The molecule has 0 bridgehead atoms. The van der Waals surface area contributed by atoms with Crippen LogP contribution >= 0.6 is 0 Å². The molecule has 1 aliphatic heterocycles. The minimum Gasteiger partial charge on any atom is -0.350 e. The maximum Gasteiger partial charge on any atom is 0.247 e. The summed E-state index contributed by atoms with van der Waals surface area (Å²) in [6.07, 6.45) is 0. The highest BCUT2D eigenvalue weighted by Gasteiger charge is 2.51. The molecule has 4 rings (SSSR count). The number of piperazine rings is 1. The number of benzene rings is 3. The van der Waals surface area contributed by atoms with E-state index in [1.807, 2.05) is 37.3 Å². The van der Waals surface area contributed by atoms with Crippen LogP contribution in [0.5, 0.6) is 0 Å². The van der Waals surface area contributed by atoms with Gasteiger partial charge in [0.1, 0.15) is 11.4 Å². The summed E-state index contributed by atoms with van der Waals surface area (Å²) in [5.74, 6) is -1.75. The Morgan fingerprint density at radius 3 is 2.37 bits per heavy atom. The van der Waals surface area contributed by atoms with Gasteiger partial charge in [-0.15, -0.1) is 0 Å². The van der Waals surface area contributed by atoms with Crippen LogP contribution in [-0.4, -0.2) is 43.2 Å². The monoisotopic (exact) mass is 495 g/mol. The average molecular weight is 496 g/mol. The lowest BCUT2D eigenvalue weighted by Gasteiger charge is -2.46. The van der Waals surface area contributed by atoms with Gasteiger partial charge in [0, 0.05) is 18.8 Å². The van der Waals surface area contributed by atoms with Crippen molar-refractivity contribution < 1.29 is 22.4 Å². The number of rotatable bonds is 6. The molecule has 1 N–H and O–H groups in total. The molecule has 1 aliphatic rings. The Labute approximate surface area is 204 Å². The standard InChI is InChI=1S/C26H26FN3O4S/c1-19-11-13-23(14-12-19)35(33,34)29-17-24(31)30(22-10-6-9-21(27)15-22)26(2,18-29)25(32)28-16-20-7-4-3-5-8-20/h3-15H,16-18H2,1-2H3,(H,28,32)/t26-/m0/s1. The Balaban J connectivity index is 1.71. The van der Waals surface area contributed by atoms with E-state index in [2.05, 4.69) is 5.32 Å². The average Bonchev–Trinajstić information content (AvgIpc) is 2.83. The summed E-state index contributed by atoms with van der Waals surface area (Å²) in [5.41, 5.74) is 0.282. The number of hydrogen-bond acceptors (Lipinski definition) is 4. The number of nitrogens with zero attached hydrogens (tertiary/aromatic N) is 2. The molecule has 3 aromatic rings. The molecule has 0 aliphatic carbocycles. The van der Waals surface area contributed by atoms with Gasteiger partial charge in [-0.3, -0.25) is 14.5 Å². The molecule has 35 heavy (non-hydrogen) atoms. The van der Waals surface area contributed by atoms with E-state index in [4.69, 9.17) is 0 Å². The summed E-state index contributed by atoms with van der Waals surface area (Å²) in [6, 6.07) is 20.8. The fraction of sp³-hybridized carbons (Fsp3) is 0.231. The topological polar surface area (TPSA) is 86.8 Å². The van der Waals surface area contributed by atoms with Gasteiger partial charge in [-0.2, -0.15) is 4.31 Å². The van der Waals surface area contributed by atoms with Crippen LogP contribution in [0.25, 0.3) is 0 Å². The van der Waals surface area contributed by atoms with Crippen molar-refractivity contribution in [3.63, 3.8) is 0 Å². The quantitative estimate of drug-likeness (QED) is 0.569. The molecule has 1 heterocycles. The van der Waals surface area contributed by atoms with Gasteiger partial charge in [0.25, 0.3) is 0 Å². The molecule has 0 unspecified atom stereocenters. The number of carbonyl (C=O) groups is 2. The number of sulfonamides is 1. The van der Waals surface area contributed by atoms with Crippen LogP contribution in [0, 0.1) is 12.7 Å². The predicted molar refractivity (Wildman–Crippen MR) is 131 cm³/mol. The maximum absolute atomic E-state index is 14.0. The second kappa shape index (κ2) is 9.59. The molecule has 182 valence electrons. The molecule has 0 saturated carbocycles. The fourth-order valence-electron chi connectivity index (χ4n) is 4.18. The molecule has 1 atom stereocenters. The third kappa shape index (κ3) is 4.96. The minimum absolute atomic E-state index is 0.0298. The second-order valence-corrected chi connectivity index (χ2v) is 10.7. The second-order valence-electron chi connectivity index (χ2n) is 8.74. The van der Waals surface area contributed by atoms with E-state index in [0.717, 1.165) is 21.5 Å². The first-order chi connectivity index (χ1) is 16.6. The van der Waals surface area contributed by atoms with Crippen molar-refractivity contribution in [1.29, 1.82) is 0 Å². The summed E-state index contributed by atoms with van der Waals surface area (Å²) in [4.78, 5) is 28.1. The number of hydrogen-bond donors (Lipinski definition) is 1. The van der Waals surface area contributed by atoms with E-state index in [9.17, 15) is 22.4 Å². The molecule has 1 fully saturated rings. The number of amides is 2. The van der Waals surface area contributed by atoms with E-state index in [1.54, 1.807) is 12.1 Å². The van der Waals surface area contributed by atoms with Crippen LogP contribution < -0.4 is 10.2 Å². The fourth-order valence-corrected chi connectivity index (χ4v) is 5.66. The lowest BCUT2D eigenvalue weighted by Crippen LogP contribution is -2.70. The molecule has 0 aromatic heterocycles. The Morgan fingerprint density at radius 1 is 1.03 bits per heavy atom. The lowest BCUT2D eigenvalue weighted by molar-refractivity contribution is -0.133. The smallest absolute Gasteiger partial charge is 0.247 e.